The normalized spacial score (nSPS) is 21.5. The van der Waals surface area contributed by atoms with Crippen LogP contribution >= 0.6 is 11.6 Å². The molecule has 5 heterocycles. The minimum Gasteiger partial charge on any atom is -0.503 e. The molecule has 218 valence electrons. The molecule has 1 N–H and O–H groups in total. The molecule has 3 aromatic rings. The molecule has 10 heteroatoms. The molecule has 41 heavy (non-hydrogen) atoms. The summed E-state index contributed by atoms with van der Waals surface area (Å²) in [6.07, 6.45) is 1.10. The van der Waals surface area contributed by atoms with Crippen LogP contribution < -0.4 is 15.7 Å². The van der Waals surface area contributed by atoms with Gasteiger partial charge in [0.1, 0.15) is 12.4 Å². The molecule has 0 radical (unpaired) electrons. The molecule has 2 atom stereocenters. The smallest absolute Gasteiger partial charge is 0.250 e. The largest absolute Gasteiger partial charge is 0.503 e. The van der Waals surface area contributed by atoms with Gasteiger partial charge in [0.2, 0.25) is 5.43 Å². The summed E-state index contributed by atoms with van der Waals surface area (Å²) in [5.41, 5.74) is 2.45. The van der Waals surface area contributed by atoms with E-state index in [9.17, 15) is 14.7 Å². The number of halogens is 1. The molecule has 2 fully saturated rings. The van der Waals surface area contributed by atoms with Crippen LogP contribution in [0.3, 0.4) is 0 Å². The zero-order chi connectivity index (χ0) is 28.5. The average Bonchev–Trinajstić information content (AvgIpc) is 2.96. The van der Waals surface area contributed by atoms with E-state index in [1.54, 1.807) is 12.1 Å². The minimum absolute atomic E-state index is 0.0856. The number of benzene rings is 1. The summed E-state index contributed by atoms with van der Waals surface area (Å²) in [4.78, 5) is 32.3. The Bertz CT molecular complexity index is 1510. The number of ether oxygens (including phenoxy) is 1. The Morgan fingerprint density at radius 2 is 1.71 bits per heavy atom. The summed E-state index contributed by atoms with van der Waals surface area (Å²) in [7, 11) is 1.95. The van der Waals surface area contributed by atoms with Crippen molar-refractivity contribution < 1.29 is 9.84 Å². The van der Waals surface area contributed by atoms with Crippen LogP contribution in [0, 0.1) is 5.92 Å². The minimum atomic E-state index is -0.322. The number of piperazine rings is 1. The second-order valence-electron chi connectivity index (χ2n) is 11.6. The molecule has 3 aliphatic heterocycles. The second-order valence-corrected chi connectivity index (χ2v) is 12.1. The third-order valence-electron chi connectivity index (χ3n) is 8.92. The lowest BCUT2D eigenvalue weighted by Crippen LogP contribution is -2.47. The predicted octanol–water partition coefficient (Wildman–Crippen LogP) is 2.72. The fraction of sp³-hybridized carbons (Fsp3) is 0.484. The third kappa shape index (κ3) is 6.09. The molecule has 3 aliphatic rings. The van der Waals surface area contributed by atoms with Gasteiger partial charge in [0.05, 0.1) is 10.7 Å². The topological polar surface area (TPSA) is 83.2 Å². The van der Waals surface area contributed by atoms with E-state index in [1.165, 1.54) is 0 Å². The van der Waals surface area contributed by atoms with Crippen LogP contribution in [-0.2, 0) is 26.7 Å². The first kappa shape index (κ1) is 28.0. The Kier molecular flexibility index (Phi) is 8.21. The molecule has 2 bridgehead atoms. The first-order valence-corrected chi connectivity index (χ1v) is 14.9. The summed E-state index contributed by atoms with van der Waals surface area (Å²) >= 11 is 6.19. The van der Waals surface area contributed by atoms with Gasteiger partial charge in [-0.15, -0.1) is 0 Å². The monoisotopic (exact) mass is 579 g/mol. The molecular formula is C31H38ClN5O4. The Labute approximate surface area is 245 Å². The van der Waals surface area contributed by atoms with Crippen LogP contribution in [0.5, 0.6) is 11.5 Å². The maximum Gasteiger partial charge on any atom is 0.250 e. The number of hydrogen-bond donors (Lipinski definition) is 1. The maximum absolute atomic E-state index is 12.8. The number of para-hydroxylation sites is 1. The van der Waals surface area contributed by atoms with Gasteiger partial charge in [-0.25, -0.2) is 0 Å². The van der Waals surface area contributed by atoms with E-state index in [0.29, 0.717) is 48.0 Å². The van der Waals surface area contributed by atoms with E-state index in [-0.39, 0.29) is 16.7 Å². The van der Waals surface area contributed by atoms with E-state index in [2.05, 4.69) is 20.8 Å². The van der Waals surface area contributed by atoms with Crippen molar-refractivity contribution in [3.05, 3.63) is 91.2 Å². The van der Waals surface area contributed by atoms with Crippen molar-refractivity contribution in [1.29, 1.82) is 0 Å². The standard InChI is InChI=1S/C31H38ClN5O4/c1-33-24(20-36-17-22-15-23(19-36)26-6-4-8-30(39)37(26)18-22)16-28(38)31(40)27(33)21-35-11-9-34(10-12-35)13-14-41-29-7-3-2-5-25(29)32/h2-8,16,22-23,40H,9-15,17-21H2,1H3/t22-,23-/m0/s1. The van der Waals surface area contributed by atoms with Gasteiger partial charge in [0.15, 0.2) is 5.75 Å². The number of aromatic nitrogens is 2. The predicted molar refractivity (Wildman–Crippen MR) is 159 cm³/mol. The molecule has 0 amide bonds. The number of piperidine rings is 1. The molecule has 0 unspecified atom stereocenters. The lowest BCUT2D eigenvalue weighted by molar-refractivity contribution is 0.107. The average molecular weight is 580 g/mol. The first-order valence-electron chi connectivity index (χ1n) is 14.5. The van der Waals surface area contributed by atoms with Gasteiger partial charge in [0.25, 0.3) is 5.56 Å². The highest BCUT2D eigenvalue weighted by molar-refractivity contribution is 6.32. The summed E-state index contributed by atoms with van der Waals surface area (Å²) in [6.45, 7) is 8.52. The molecule has 0 aliphatic carbocycles. The molecule has 2 aromatic heterocycles. The van der Waals surface area contributed by atoms with Crippen molar-refractivity contribution in [2.45, 2.75) is 32.0 Å². The number of aromatic hydroxyl groups is 1. The number of fused-ring (bicyclic) bond motifs is 4. The highest BCUT2D eigenvalue weighted by atomic mass is 35.5. The lowest BCUT2D eigenvalue weighted by Gasteiger charge is -2.43. The van der Waals surface area contributed by atoms with Gasteiger partial charge in [-0.2, -0.15) is 0 Å². The number of hydrogen-bond acceptors (Lipinski definition) is 7. The van der Waals surface area contributed by atoms with Crippen molar-refractivity contribution in [2.75, 3.05) is 52.4 Å². The van der Waals surface area contributed by atoms with Crippen LogP contribution in [0.25, 0.3) is 0 Å². The molecule has 0 saturated carbocycles. The van der Waals surface area contributed by atoms with Gasteiger partial charge in [0, 0.05) is 102 Å². The van der Waals surface area contributed by atoms with Crippen LogP contribution in [0.1, 0.15) is 29.4 Å². The van der Waals surface area contributed by atoms with Gasteiger partial charge in [-0.3, -0.25) is 24.3 Å². The van der Waals surface area contributed by atoms with Gasteiger partial charge in [-0.1, -0.05) is 29.8 Å². The fourth-order valence-electron chi connectivity index (χ4n) is 6.71. The van der Waals surface area contributed by atoms with Gasteiger partial charge < -0.3 is 19.0 Å². The van der Waals surface area contributed by atoms with E-state index in [0.717, 1.165) is 70.2 Å². The van der Waals surface area contributed by atoms with Crippen LogP contribution in [-0.4, -0.2) is 81.4 Å². The first-order chi connectivity index (χ1) is 19.9. The van der Waals surface area contributed by atoms with Crippen molar-refractivity contribution >= 4 is 11.6 Å². The highest BCUT2D eigenvalue weighted by Gasteiger charge is 2.34. The second kappa shape index (κ2) is 12.0. The van der Waals surface area contributed by atoms with Crippen molar-refractivity contribution in [1.82, 2.24) is 23.8 Å². The number of likely N-dealkylation sites (tertiary alicyclic amines) is 1. The van der Waals surface area contributed by atoms with Crippen LogP contribution in [0.2, 0.25) is 5.02 Å². The maximum atomic E-state index is 12.8. The zero-order valence-corrected chi connectivity index (χ0v) is 24.3. The Morgan fingerprint density at radius 1 is 0.927 bits per heavy atom. The van der Waals surface area contributed by atoms with E-state index in [4.69, 9.17) is 16.3 Å². The Morgan fingerprint density at radius 3 is 2.51 bits per heavy atom. The van der Waals surface area contributed by atoms with Crippen molar-refractivity contribution in [3.63, 3.8) is 0 Å². The van der Waals surface area contributed by atoms with Crippen molar-refractivity contribution in [3.8, 4) is 11.5 Å². The lowest BCUT2D eigenvalue weighted by atomic mass is 9.83. The van der Waals surface area contributed by atoms with E-state index >= 15 is 0 Å². The number of pyridine rings is 2. The molecule has 1 aromatic carbocycles. The SMILES string of the molecule is Cn1c(CN2C[C@@H]3C[C@@H](C2)c2cccc(=O)n2C3)cc(=O)c(O)c1CN1CCN(CCOc2ccccc2Cl)CC1. The number of rotatable bonds is 8. The molecule has 6 rings (SSSR count). The Hall–Kier alpha value is -3.11. The van der Waals surface area contributed by atoms with Crippen molar-refractivity contribution in [2.24, 2.45) is 13.0 Å². The summed E-state index contributed by atoms with van der Waals surface area (Å²) in [6, 6.07) is 14.7. The molecule has 0 spiro atoms. The van der Waals surface area contributed by atoms with E-state index < -0.39 is 0 Å². The molecule has 2 saturated heterocycles. The van der Waals surface area contributed by atoms with Gasteiger partial charge in [-0.05, 0) is 30.5 Å². The quantitative estimate of drug-likeness (QED) is 0.439. The summed E-state index contributed by atoms with van der Waals surface area (Å²) in [5, 5.41) is 11.4. The third-order valence-corrected chi connectivity index (χ3v) is 9.23. The summed E-state index contributed by atoms with van der Waals surface area (Å²) in [5.74, 6) is 1.28. The zero-order valence-electron chi connectivity index (χ0n) is 23.5. The molecular weight excluding hydrogens is 542 g/mol. The van der Waals surface area contributed by atoms with E-state index in [1.807, 2.05) is 46.5 Å². The fourth-order valence-corrected chi connectivity index (χ4v) is 6.90. The number of nitrogens with zero attached hydrogens (tertiary/aromatic N) is 5. The highest BCUT2D eigenvalue weighted by Crippen LogP contribution is 2.35. The van der Waals surface area contributed by atoms with Crippen LogP contribution in [0.15, 0.2) is 58.1 Å². The van der Waals surface area contributed by atoms with Gasteiger partial charge >= 0.3 is 0 Å². The van der Waals surface area contributed by atoms with Crippen LogP contribution in [0.4, 0.5) is 0 Å². The Balaban J connectivity index is 1.07. The molecule has 9 nitrogen and oxygen atoms in total. The summed E-state index contributed by atoms with van der Waals surface area (Å²) < 4.78 is 9.80.